The Labute approximate surface area is 105 Å². The van der Waals surface area contributed by atoms with Gasteiger partial charge in [-0.3, -0.25) is 0 Å². The first-order valence-electron chi connectivity index (χ1n) is 5.47. The van der Waals surface area contributed by atoms with Crippen LogP contribution in [0, 0.1) is 17.1 Å². The van der Waals surface area contributed by atoms with E-state index in [2.05, 4.69) is 11.4 Å². The molecule has 3 nitrogen and oxygen atoms in total. The van der Waals surface area contributed by atoms with Crippen LogP contribution in [0.25, 0.3) is 0 Å². The number of hydrogen-bond donors (Lipinski definition) is 2. The summed E-state index contributed by atoms with van der Waals surface area (Å²) in [4.78, 5) is 0. The van der Waals surface area contributed by atoms with Crippen molar-refractivity contribution in [2.45, 2.75) is 6.42 Å². The molecule has 0 radical (unpaired) electrons. The average Bonchev–Trinajstić information content (AvgIpc) is 2.37. The molecule has 0 saturated heterocycles. The van der Waals surface area contributed by atoms with Crippen molar-refractivity contribution in [1.29, 1.82) is 5.26 Å². The lowest BCUT2D eigenvalue weighted by Crippen LogP contribution is -1.97. The molecule has 2 aromatic carbocycles. The van der Waals surface area contributed by atoms with E-state index in [9.17, 15) is 4.39 Å². The molecule has 0 aliphatic carbocycles. The van der Waals surface area contributed by atoms with Crippen LogP contribution < -0.4 is 11.1 Å². The van der Waals surface area contributed by atoms with Gasteiger partial charge in [-0.15, -0.1) is 0 Å². The fourth-order valence-corrected chi connectivity index (χ4v) is 1.59. The molecule has 2 aromatic rings. The first kappa shape index (κ1) is 11.9. The normalized spacial score (nSPS) is 9.78. The largest absolute Gasteiger partial charge is 0.397 e. The molecule has 0 spiro atoms. The highest BCUT2D eigenvalue weighted by molar-refractivity contribution is 5.72. The Hall–Kier alpha value is -2.54. The van der Waals surface area contributed by atoms with Crippen molar-refractivity contribution < 1.29 is 4.39 Å². The summed E-state index contributed by atoms with van der Waals surface area (Å²) in [5, 5.41) is 11.6. The fraction of sp³-hybridized carbons (Fsp3) is 0.0714. The van der Waals surface area contributed by atoms with E-state index in [1.165, 1.54) is 18.2 Å². The van der Waals surface area contributed by atoms with Gasteiger partial charge in [0, 0.05) is 5.69 Å². The molecule has 0 aromatic heterocycles. The molecule has 0 aliphatic heterocycles. The molecule has 2 rings (SSSR count). The highest BCUT2D eigenvalue weighted by Crippen LogP contribution is 2.24. The second-order valence-electron chi connectivity index (χ2n) is 3.89. The first-order valence-corrected chi connectivity index (χ1v) is 5.47. The zero-order chi connectivity index (χ0) is 13.0. The number of benzene rings is 2. The number of nitrogens with one attached hydrogen (secondary N) is 1. The minimum absolute atomic E-state index is 0.340. The van der Waals surface area contributed by atoms with Crippen molar-refractivity contribution in [2.24, 2.45) is 0 Å². The van der Waals surface area contributed by atoms with Crippen LogP contribution >= 0.6 is 0 Å². The summed E-state index contributed by atoms with van der Waals surface area (Å²) in [6.45, 7) is 0. The molecule has 90 valence electrons. The number of rotatable bonds is 3. The van der Waals surface area contributed by atoms with Gasteiger partial charge in [0.1, 0.15) is 5.82 Å². The van der Waals surface area contributed by atoms with Crippen LogP contribution in [0.1, 0.15) is 5.56 Å². The van der Waals surface area contributed by atoms with Gasteiger partial charge in [0.15, 0.2) is 0 Å². The Morgan fingerprint density at radius 1 is 1.17 bits per heavy atom. The van der Waals surface area contributed by atoms with Crippen LogP contribution in [0.3, 0.4) is 0 Å². The fourth-order valence-electron chi connectivity index (χ4n) is 1.59. The molecule has 0 atom stereocenters. The highest BCUT2D eigenvalue weighted by atomic mass is 19.1. The van der Waals surface area contributed by atoms with Crippen molar-refractivity contribution >= 4 is 17.1 Å². The zero-order valence-electron chi connectivity index (χ0n) is 9.65. The lowest BCUT2D eigenvalue weighted by molar-refractivity contribution is 0.628. The number of nitriles is 1. The maximum atomic E-state index is 13.1. The maximum absolute atomic E-state index is 13.1. The van der Waals surface area contributed by atoms with Crippen LogP contribution in [0.5, 0.6) is 0 Å². The van der Waals surface area contributed by atoms with Gasteiger partial charge in [0.2, 0.25) is 0 Å². The van der Waals surface area contributed by atoms with Gasteiger partial charge >= 0.3 is 0 Å². The summed E-state index contributed by atoms with van der Waals surface area (Å²) in [5.74, 6) is -0.340. The average molecular weight is 241 g/mol. The van der Waals surface area contributed by atoms with Crippen LogP contribution in [0.4, 0.5) is 21.5 Å². The molecule has 0 bridgehead atoms. The van der Waals surface area contributed by atoms with Crippen molar-refractivity contribution in [2.75, 3.05) is 11.1 Å². The van der Waals surface area contributed by atoms with E-state index in [1.807, 2.05) is 24.3 Å². The minimum atomic E-state index is -0.340. The molecular weight excluding hydrogens is 229 g/mol. The summed E-state index contributed by atoms with van der Waals surface area (Å²) < 4.78 is 13.1. The summed E-state index contributed by atoms with van der Waals surface area (Å²) in [6, 6.07) is 13.6. The summed E-state index contributed by atoms with van der Waals surface area (Å²) in [5.41, 5.74) is 8.50. The molecule has 0 aliphatic rings. The number of halogens is 1. The van der Waals surface area contributed by atoms with E-state index in [0.717, 1.165) is 11.3 Å². The van der Waals surface area contributed by atoms with E-state index in [4.69, 9.17) is 11.0 Å². The quantitative estimate of drug-likeness (QED) is 0.811. The Bertz CT molecular complexity index is 585. The smallest absolute Gasteiger partial charge is 0.125 e. The third-order valence-corrected chi connectivity index (χ3v) is 2.53. The molecule has 4 heteroatoms. The Balaban J connectivity index is 2.18. The van der Waals surface area contributed by atoms with Crippen LogP contribution in [-0.2, 0) is 6.42 Å². The standard InChI is InChI=1S/C14H12FN3/c15-11-3-6-13(17)14(9-11)18-12-4-1-10(2-5-12)7-8-16/h1-6,9,18H,7,17H2. The monoisotopic (exact) mass is 241 g/mol. The molecule has 0 fully saturated rings. The van der Waals surface area contributed by atoms with Crippen LogP contribution in [0.15, 0.2) is 42.5 Å². The number of anilines is 3. The van der Waals surface area contributed by atoms with Gasteiger partial charge < -0.3 is 11.1 Å². The number of nitrogens with two attached hydrogens (primary N) is 1. The van der Waals surface area contributed by atoms with E-state index in [0.29, 0.717) is 17.8 Å². The summed E-state index contributed by atoms with van der Waals surface area (Å²) in [6.07, 6.45) is 0.377. The lowest BCUT2D eigenvalue weighted by Gasteiger charge is -2.09. The third kappa shape index (κ3) is 2.77. The van der Waals surface area contributed by atoms with E-state index in [-0.39, 0.29) is 5.82 Å². The van der Waals surface area contributed by atoms with Crippen LogP contribution in [-0.4, -0.2) is 0 Å². The van der Waals surface area contributed by atoms with Crippen molar-refractivity contribution in [3.8, 4) is 6.07 Å². The Kier molecular flexibility index (Phi) is 3.44. The minimum Gasteiger partial charge on any atom is -0.397 e. The zero-order valence-corrected chi connectivity index (χ0v) is 9.65. The molecule has 3 N–H and O–H groups in total. The van der Waals surface area contributed by atoms with Crippen molar-refractivity contribution in [3.05, 3.63) is 53.8 Å². The number of hydrogen-bond acceptors (Lipinski definition) is 3. The van der Waals surface area contributed by atoms with Crippen molar-refractivity contribution in [3.63, 3.8) is 0 Å². The topological polar surface area (TPSA) is 61.8 Å². The van der Waals surface area contributed by atoms with E-state index < -0.39 is 0 Å². The Morgan fingerprint density at radius 2 is 1.89 bits per heavy atom. The number of nitrogens with zero attached hydrogens (tertiary/aromatic N) is 1. The molecule has 0 saturated carbocycles. The van der Waals surface area contributed by atoms with Crippen molar-refractivity contribution in [1.82, 2.24) is 0 Å². The molecule has 0 unspecified atom stereocenters. The predicted octanol–water partition coefficient (Wildman–Crippen LogP) is 3.22. The molecule has 0 amide bonds. The molecule has 0 heterocycles. The SMILES string of the molecule is N#CCc1ccc(Nc2cc(F)ccc2N)cc1. The van der Waals surface area contributed by atoms with Gasteiger partial charge in [-0.2, -0.15) is 5.26 Å². The predicted molar refractivity (Wildman–Crippen MR) is 69.9 cm³/mol. The van der Waals surface area contributed by atoms with Gasteiger partial charge in [-0.1, -0.05) is 12.1 Å². The summed E-state index contributed by atoms with van der Waals surface area (Å²) >= 11 is 0. The highest BCUT2D eigenvalue weighted by Gasteiger charge is 2.01. The lowest BCUT2D eigenvalue weighted by atomic mass is 10.1. The maximum Gasteiger partial charge on any atom is 0.125 e. The summed E-state index contributed by atoms with van der Waals surface area (Å²) in [7, 11) is 0. The van der Waals surface area contributed by atoms with E-state index in [1.54, 1.807) is 0 Å². The first-order chi connectivity index (χ1) is 8.69. The Morgan fingerprint density at radius 3 is 2.56 bits per heavy atom. The van der Waals surface area contributed by atoms with Gasteiger partial charge in [0.25, 0.3) is 0 Å². The van der Waals surface area contributed by atoms with Crippen LogP contribution in [0.2, 0.25) is 0 Å². The van der Waals surface area contributed by atoms with Gasteiger partial charge in [-0.25, -0.2) is 4.39 Å². The second kappa shape index (κ2) is 5.19. The second-order valence-corrected chi connectivity index (χ2v) is 3.89. The van der Waals surface area contributed by atoms with E-state index >= 15 is 0 Å². The molecular formula is C14H12FN3. The molecule has 18 heavy (non-hydrogen) atoms. The van der Waals surface area contributed by atoms with Gasteiger partial charge in [0.05, 0.1) is 23.9 Å². The number of nitrogen functional groups attached to an aromatic ring is 1. The third-order valence-electron chi connectivity index (χ3n) is 2.53. The van der Waals surface area contributed by atoms with Gasteiger partial charge in [-0.05, 0) is 35.9 Å².